The summed E-state index contributed by atoms with van der Waals surface area (Å²) in [6.45, 7) is 7.60. The van der Waals surface area contributed by atoms with E-state index in [0.29, 0.717) is 0 Å². The molecule has 0 saturated heterocycles. The summed E-state index contributed by atoms with van der Waals surface area (Å²) in [5.74, 6) is -0.745. The molecule has 0 aromatic heterocycles. The van der Waals surface area contributed by atoms with E-state index in [1.165, 1.54) is 27.9 Å². The molecule has 2 nitrogen and oxygen atoms in total. The van der Waals surface area contributed by atoms with Crippen LogP contribution in [0.1, 0.15) is 13.3 Å². The first kappa shape index (κ1) is 16.1. The van der Waals surface area contributed by atoms with Gasteiger partial charge < -0.3 is 5.11 Å². The van der Waals surface area contributed by atoms with Gasteiger partial charge >= 0.3 is 38.1 Å². The summed E-state index contributed by atoms with van der Waals surface area (Å²) in [7, 11) is 0. The quantitative estimate of drug-likeness (QED) is 0.442. The van der Waals surface area contributed by atoms with E-state index in [9.17, 15) is 4.79 Å². The van der Waals surface area contributed by atoms with E-state index in [2.05, 4.69) is 17.3 Å². The van der Waals surface area contributed by atoms with Crippen molar-refractivity contribution in [3.63, 3.8) is 0 Å². The van der Waals surface area contributed by atoms with Crippen LogP contribution in [-0.4, -0.2) is 39.0 Å². The van der Waals surface area contributed by atoms with Crippen molar-refractivity contribution in [1.29, 1.82) is 0 Å². The standard InChI is InChI=1S/C3H6O2.C2H4.CH3.Na/c1-2-3(4)5;1-2;;/h2H2,1H3,(H,4,5);1-2H2;1H3;. The van der Waals surface area contributed by atoms with E-state index in [0.717, 1.165) is 0 Å². The van der Waals surface area contributed by atoms with Crippen molar-refractivity contribution in [1.82, 2.24) is 0 Å². The summed E-state index contributed by atoms with van der Waals surface area (Å²) in [6, 6.07) is 0. The number of aliphatic carboxylic acids is 1. The average Bonchev–Trinajstić information content (AvgIpc) is 1.97. The van der Waals surface area contributed by atoms with Gasteiger partial charge in [0.15, 0.2) is 0 Å². The molecular formula is C6H13NaO2. The molecule has 0 fully saturated rings. The summed E-state index contributed by atoms with van der Waals surface area (Å²) < 4.78 is 2.14. The topological polar surface area (TPSA) is 37.3 Å². The van der Waals surface area contributed by atoms with Crippen molar-refractivity contribution in [2.45, 2.75) is 17.5 Å². The molecule has 0 heterocycles. The summed E-state index contributed by atoms with van der Waals surface area (Å²) in [4.78, 5) is 9.37. The molecule has 9 heavy (non-hydrogen) atoms. The fourth-order valence-corrected chi connectivity index (χ4v) is 0. The minimum atomic E-state index is -0.745. The van der Waals surface area contributed by atoms with Crippen LogP contribution in [0.25, 0.3) is 0 Å². The molecule has 0 aromatic rings. The minimum absolute atomic E-state index is 0.222. The second kappa shape index (κ2) is 24.1. The molecule has 0 aliphatic carbocycles. The number of hydrogen-bond donors (Lipinski definition) is 1. The van der Waals surface area contributed by atoms with Crippen LogP contribution in [0.5, 0.6) is 0 Å². The fourth-order valence-electron chi connectivity index (χ4n) is 0. The van der Waals surface area contributed by atoms with E-state index in [1.54, 1.807) is 6.92 Å². The van der Waals surface area contributed by atoms with E-state index in [4.69, 9.17) is 5.11 Å². The van der Waals surface area contributed by atoms with Crippen molar-refractivity contribution in [2.75, 3.05) is 0 Å². The normalized spacial score (nSPS) is 5.33. The number of carboxylic acids is 1. The summed E-state index contributed by atoms with van der Waals surface area (Å²) >= 11 is 1.31. The Morgan fingerprint density at radius 2 is 1.67 bits per heavy atom. The Hall–Kier alpha value is 0.210. The first-order valence-electron chi connectivity index (χ1n) is 2.99. The van der Waals surface area contributed by atoms with E-state index >= 15 is 0 Å². The Bertz CT molecular complexity index is 55.0. The molecule has 0 spiro atoms. The van der Waals surface area contributed by atoms with Gasteiger partial charge in [0.05, 0.1) is 0 Å². The van der Waals surface area contributed by atoms with Gasteiger partial charge in [-0.15, -0.1) is 13.2 Å². The summed E-state index contributed by atoms with van der Waals surface area (Å²) in [5, 5.41) is 7.72. The van der Waals surface area contributed by atoms with Crippen LogP contribution < -0.4 is 0 Å². The van der Waals surface area contributed by atoms with Gasteiger partial charge in [-0.25, -0.2) is 0 Å². The van der Waals surface area contributed by atoms with E-state index in [1.807, 2.05) is 0 Å². The van der Waals surface area contributed by atoms with Crippen LogP contribution in [0.4, 0.5) is 0 Å². The molecule has 0 bridgehead atoms. The Balaban J connectivity index is -0.0000000771. The Morgan fingerprint density at radius 1 is 1.56 bits per heavy atom. The van der Waals surface area contributed by atoms with Gasteiger partial charge in [0.25, 0.3) is 0 Å². The molecule has 0 atom stereocenters. The average molecular weight is 140 g/mol. The van der Waals surface area contributed by atoms with Crippen molar-refractivity contribution in [3.8, 4) is 0 Å². The van der Waals surface area contributed by atoms with Crippen LogP contribution in [0.3, 0.4) is 0 Å². The second-order valence-electron chi connectivity index (χ2n) is 0.747. The fraction of sp³-hybridized carbons (Fsp3) is 0.500. The summed E-state index contributed by atoms with van der Waals surface area (Å²) in [5.41, 5.74) is 0. The number of rotatable bonds is 1. The van der Waals surface area contributed by atoms with Crippen molar-refractivity contribution < 1.29 is 9.90 Å². The first-order chi connectivity index (χ1) is 4.27. The van der Waals surface area contributed by atoms with Crippen molar-refractivity contribution in [3.05, 3.63) is 13.2 Å². The number of carbonyl (C=O) groups is 1. The zero-order valence-corrected chi connectivity index (χ0v) is 8.48. The molecule has 0 rings (SSSR count). The predicted octanol–water partition coefficient (Wildman–Crippen LogP) is 1.49. The zero-order chi connectivity index (χ0) is 8.28. The number of carboxylic acid groups (broad SMARTS) is 1. The van der Waals surface area contributed by atoms with Crippen LogP contribution in [0, 0.1) is 0 Å². The van der Waals surface area contributed by atoms with Crippen LogP contribution in [-0.2, 0) is 4.79 Å². The Morgan fingerprint density at radius 3 is 1.67 bits per heavy atom. The molecule has 50 valence electrons. The maximum atomic E-state index is 9.37. The van der Waals surface area contributed by atoms with Gasteiger partial charge in [0.2, 0.25) is 0 Å². The third-order valence-corrected chi connectivity index (χ3v) is 0.302. The van der Waals surface area contributed by atoms with Crippen molar-refractivity contribution >= 4 is 33.9 Å². The summed E-state index contributed by atoms with van der Waals surface area (Å²) in [6.07, 6.45) is 0.222. The molecule has 0 unspecified atom stereocenters. The van der Waals surface area contributed by atoms with E-state index < -0.39 is 5.97 Å². The molecule has 0 radical (unpaired) electrons. The Labute approximate surface area is 74.4 Å². The van der Waals surface area contributed by atoms with Crippen molar-refractivity contribution in [2.24, 2.45) is 0 Å². The molecule has 1 N–H and O–H groups in total. The first-order valence-corrected chi connectivity index (χ1v) is 4.99. The SMILES string of the molecule is C=C.CCC(=O)O.[CH3][Na]. The van der Waals surface area contributed by atoms with Gasteiger partial charge in [-0.3, -0.25) is 4.79 Å². The van der Waals surface area contributed by atoms with Crippen LogP contribution in [0.2, 0.25) is 4.17 Å². The monoisotopic (exact) mass is 140 g/mol. The third kappa shape index (κ3) is 64.8. The molecule has 0 saturated carbocycles. The van der Waals surface area contributed by atoms with Gasteiger partial charge in [-0.2, -0.15) is 0 Å². The van der Waals surface area contributed by atoms with Crippen LogP contribution >= 0.6 is 0 Å². The molecule has 0 amide bonds. The second-order valence-corrected chi connectivity index (χ2v) is 0.747. The maximum absolute atomic E-state index is 9.37. The molecule has 0 aliphatic rings. The van der Waals surface area contributed by atoms with Gasteiger partial charge in [-0.05, 0) is 0 Å². The van der Waals surface area contributed by atoms with Gasteiger partial charge in [0.1, 0.15) is 0 Å². The molecular weight excluding hydrogens is 127 g/mol. The molecule has 3 heteroatoms. The predicted molar refractivity (Wildman–Crippen MR) is 40.8 cm³/mol. The Kier molecular flexibility index (Phi) is 43.1. The van der Waals surface area contributed by atoms with Gasteiger partial charge in [0, 0.05) is 6.42 Å². The molecule has 0 aromatic carbocycles. The number of hydrogen-bond acceptors (Lipinski definition) is 1. The van der Waals surface area contributed by atoms with Crippen LogP contribution in [0.15, 0.2) is 13.2 Å². The van der Waals surface area contributed by atoms with Gasteiger partial charge in [-0.1, -0.05) is 6.92 Å². The molecule has 0 aliphatic heterocycles. The zero-order valence-electron chi connectivity index (χ0n) is 6.48. The van der Waals surface area contributed by atoms with E-state index in [-0.39, 0.29) is 6.42 Å². The third-order valence-electron chi connectivity index (χ3n) is 0.302.